The molecular formula is C17H15N3O4S. The first-order valence-electron chi connectivity index (χ1n) is 7.42. The number of hydrogen-bond acceptors (Lipinski definition) is 5. The maximum absolute atomic E-state index is 12.9. The van der Waals surface area contributed by atoms with E-state index in [1.54, 1.807) is 19.1 Å². The molecule has 3 aromatic rings. The smallest absolute Gasteiger partial charge is 0.323 e. The molecule has 128 valence electrons. The number of amides is 1. The number of aliphatic carboxylic acids is 1. The van der Waals surface area contributed by atoms with Crippen molar-refractivity contribution in [2.24, 2.45) is 5.73 Å². The molecule has 2 aromatic heterocycles. The Morgan fingerprint density at radius 2 is 1.96 bits per heavy atom. The van der Waals surface area contributed by atoms with Gasteiger partial charge in [-0.1, -0.05) is 24.3 Å². The molecule has 3 rings (SSSR count). The van der Waals surface area contributed by atoms with Crippen LogP contribution in [-0.2, 0) is 11.3 Å². The van der Waals surface area contributed by atoms with E-state index in [1.165, 1.54) is 0 Å². The lowest BCUT2D eigenvalue weighted by atomic mass is 10.1. The van der Waals surface area contributed by atoms with Crippen molar-refractivity contribution in [3.63, 3.8) is 0 Å². The summed E-state index contributed by atoms with van der Waals surface area (Å²) in [6, 6.07) is 7.26. The number of fused-ring (bicyclic) bond motifs is 1. The Balaban J connectivity index is 2.44. The molecule has 0 radical (unpaired) electrons. The lowest BCUT2D eigenvalue weighted by Gasteiger charge is -2.12. The highest BCUT2D eigenvalue weighted by molar-refractivity contribution is 7.20. The molecule has 25 heavy (non-hydrogen) atoms. The summed E-state index contributed by atoms with van der Waals surface area (Å²) >= 11 is 1.04. The maximum Gasteiger partial charge on any atom is 0.323 e. The predicted molar refractivity (Wildman–Crippen MR) is 94.9 cm³/mol. The van der Waals surface area contributed by atoms with Crippen molar-refractivity contribution in [3.05, 3.63) is 50.6 Å². The predicted octanol–water partition coefficient (Wildman–Crippen LogP) is 1.93. The van der Waals surface area contributed by atoms with Crippen molar-refractivity contribution in [2.75, 3.05) is 0 Å². The summed E-state index contributed by atoms with van der Waals surface area (Å²) in [7, 11) is 0. The summed E-state index contributed by atoms with van der Waals surface area (Å²) in [4.78, 5) is 40.9. The molecule has 0 spiro atoms. The lowest BCUT2D eigenvalue weighted by molar-refractivity contribution is -0.137. The molecule has 0 saturated heterocycles. The van der Waals surface area contributed by atoms with E-state index in [2.05, 4.69) is 4.98 Å². The highest BCUT2D eigenvalue weighted by atomic mass is 32.1. The molecule has 0 fully saturated rings. The van der Waals surface area contributed by atoms with Crippen LogP contribution in [-0.4, -0.2) is 26.5 Å². The molecular weight excluding hydrogens is 342 g/mol. The summed E-state index contributed by atoms with van der Waals surface area (Å²) < 4.78 is 1.12. The van der Waals surface area contributed by atoms with Crippen LogP contribution in [0, 0.1) is 13.8 Å². The van der Waals surface area contributed by atoms with Crippen LogP contribution in [0.2, 0.25) is 0 Å². The van der Waals surface area contributed by atoms with Crippen molar-refractivity contribution < 1.29 is 14.7 Å². The van der Waals surface area contributed by atoms with Crippen LogP contribution in [0.3, 0.4) is 0 Å². The molecule has 0 aliphatic heterocycles. The average molecular weight is 357 g/mol. The van der Waals surface area contributed by atoms with E-state index in [-0.39, 0.29) is 16.1 Å². The summed E-state index contributed by atoms with van der Waals surface area (Å²) in [5.74, 6) is -1.53. The third-order valence-corrected chi connectivity index (χ3v) is 5.15. The monoisotopic (exact) mass is 357 g/mol. The van der Waals surface area contributed by atoms with Gasteiger partial charge in [-0.3, -0.25) is 19.0 Å². The first-order valence-corrected chi connectivity index (χ1v) is 8.24. The van der Waals surface area contributed by atoms with Gasteiger partial charge in [-0.2, -0.15) is 0 Å². The van der Waals surface area contributed by atoms with Gasteiger partial charge in [0.1, 0.15) is 17.2 Å². The molecule has 0 atom stereocenters. The number of carbonyl (C=O) groups is 2. The second-order valence-corrected chi connectivity index (χ2v) is 6.64. The molecule has 3 N–H and O–H groups in total. The zero-order valence-electron chi connectivity index (χ0n) is 13.6. The van der Waals surface area contributed by atoms with Gasteiger partial charge in [-0.05, 0) is 25.0 Å². The number of aromatic nitrogens is 2. The Bertz CT molecular complexity index is 1080. The third kappa shape index (κ3) is 2.80. The molecule has 0 saturated carbocycles. The van der Waals surface area contributed by atoms with Gasteiger partial charge in [-0.25, -0.2) is 4.98 Å². The Kier molecular flexibility index (Phi) is 4.13. The number of hydrogen-bond donors (Lipinski definition) is 2. The van der Waals surface area contributed by atoms with E-state index in [0.29, 0.717) is 16.0 Å². The van der Waals surface area contributed by atoms with Crippen LogP contribution in [0.4, 0.5) is 0 Å². The Labute approximate surface area is 146 Å². The van der Waals surface area contributed by atoms with Gasteiger partial charge in [0.05, 0.1) is 10.3 Å². The molecule has 8 heteroatoms. The van der Waals surface area contributed by atoms with E-state index in [1.807, 2.05) is 19.1 Å². The van der Waals surface area contributed by atoms with E-state index in [0.717, 1.165) is 21.5 Å². The van der Waals surface area contributed by atoms with E-state index >= 15 is 0 Å². The second kappa shape index (κ2) is 6.14. The number of thiophene rings is 1. The van der Waals surface area contributed by atoms with E-state index in [9.17, 15) is 19.5 Å². The van der Waals surface area contributed by atoms with Crippen molar-refractivity contribution >= 4 is 33.4 Å². The molecule has 1 aromatic carbocycles. The van der Waals surface area contributed by atoms with Gasteiger partial charge in [0.15, 0.2) is 0 Å². The molecule has 2 heterocycles. The fourth-order valence-corrected chi connectivity index (χ4v) is 3.79. The van der Waals surface area contributed by atoms with Crippen LogP contribution in [0.25, 0.3) is 21.6 Å². The number of aryl methyl sites for hydroxylation is 2. The van der Waals surface area contributed by atoms with E-state index in [4.69, 9.17) is 5.73 Å². The summed E-state index contributed by atoms with van der Waals surface area (Å²) in [6.07, 6.45) is 0. The minimum atomic E-state index is -1.15. The molecule has 7 nitrogen and oxygen atoms in total. The first kappa shape index (κ1) is 16.8. The van der Waals surface area contributed by atoms with Crippen molar-refractivity contribution in [3.8, 4) is 11.4 Å². The lowest BCUT2D eigenvalue weighted by Crippen LogP contribution is -2.27. The fraction of sp³-hybridized carbons (Fsp3) is 0.176. The number of rotatable bonds is 4. The topological polar surface area (TPSA) is 115 Å². The zero-order valence-corrected chi connectivity index (χ0v) is 14.4. The normalized spacial score (nSPS) is 11.0. The van der Waals surface area contributed by atoms with Gasteiger partial charge < -0.3 is 10.8 Å². The molecule has 0 bridgehead atoms. The molecule has 0 unspecified atom stereocenters. The van der Waals surface area contributed by atoms with Gasteiger partial charge in [0.25, 0.3) is 11.5 Å². The molecule has 1 amide bonds. The fourth-order valence-electron chi connectivity index (χ4n) is 2.76. The number of carboxylic acids is 1. The standard InChI is InChI=1S/C17H15N3O4S/c1-8-5-3-4-6-10(8)15-19-16-12(9(2)13(25-16)14(18)23)17(24)20(15)7-11(21)22/h3-6H,7H2,1-2H3,(H2,18,23)(H,21,22). The number of carboxylic acid groups (broad SMARTS) is 1. The van der Waals surface area contributed by atoms with Gasteiger partial charge in [0, 0.05) is 5.56 Å². The molecule has 0 aliphatic carbocycles. The SMILES string of the molecule is Cc1ccccc1-c1nc2sc(C(N)=O)c(C)c2c(=O)n1CC(=O)O. The molecule has 0 aliphatic rings. The average Bonchev–Trinajstić information content (AvgIpc) is 2.87. The number of primary amides is 1. The first-order chi connectivity index (χ1) is 11.8. The zero-order chi connectivity index (χ0) is 18.3. The maximum atomic E-state index is 12.9. The van der Waals surface area contributed by atoms with Crippen LogP contribution >= 0.6 is 11.3 Å². The van der Waals surface area contributed by atoms with Gasteiger partial charge >= 0.3 is 5.97 Å². The quantitative estimate of drug-likeness (QED) is 0.740. The minimum absolute atomic E-state index is 0.234. The van der Waals surface area contributed by atoms with Crippen molar-refractivity contribution in [1.82, 2.24) is 9.55 Å². The van der Waals surface area contributed by atoms with Gasteiger partial charge in [-0.15, -0.1) is 11.3 Å². The largest absolute Gasteiger partial charge is 0.480 e. The van der Waals surface area contributed by atoms with Crippen LogP contribution in [0.15, 0.2) is 29.1 Å². The van der Waals surface area contributed by atoms with E-state index < -0.39 is 24.0 Å². The summed E-state index contributed by atoms with van der Waals surface area (Å²) in [5, 5.41) is 9.44. The van der Waals surface area contributed by atoms with Crippen LogP contribution in [0.5, 0.6) is 0 Å². The second-order valence-electron chi connectivity index (χ2n) is 5.64. The van der Waals surface area contributed by atoms with Crippen LogP contribution in [0.1, 0.15) is 20.8 Å². The highest BCUT2D eigenvalue weighted by Gasteiger charge is 2.22. The number of benzene rings is 1. The Morgan fingerprint density at radius 1 is 1.28 bits per heavy atom. The van der Waals surface area contributed by atoms with Crippen molar-refractivity contribution in [2.45, 2.75) is 20.4 Å². The summed E-state index contributed by atoms with van der Waals surface area (Å²) in [6.45, 7) is 2.94. The number of carbonyl (C=O) groups excluding carboxylic acids is 1. The number of nitrogens with zero attached hydrogens (tertiary/aromatic N) is 2. The highest BCUT2D eigenvalue weighted by Crippen LogP contribution is 2.30. The van der Waals surface area contributed by atoms with Gasteiger partial charge in [0.2, 0.25) is 0 Å². The minimum Gasteiger partial charge on any atom is -0.480 e. The third-order valence-electron chi connectivity index (χ3n) is 3.95. The summed E-state index contributed by atoms with van der Waals surface area (Å²) in [5.41, 5.74) is 6.82. The Hall–Kier alpha value is -3.00. The number of nitrogens with two attached hydrogens (primary N) is 1. The Morgan fingerprint density at radius 3 is 2.56 bits per heavy atom. The van der Waals surface area contributed by atoms with Crippen molar-refractivity contribution in [1.29, 1.82) is 0 Å². The van der Waals surface area contributed by atoms with Crippen LogP contribution < -0.4 is 11.3 Å².